The topological polar surface area (TPSA) is 46.0 Å². The number of carbonyl (C=O) groups is 1. The van der Waals surface area contributed by atoms with Crippen LogP contribution in [0.25, 0.3) is 10.9 Å². The Hall–Kier alpha value is -2.29. The van der Waals surface area contributed by atoms with E-state index in [0.29, 0.717) is 6.42 Å². The van der Waals surface area contributed by atoms with Gasteiger partial charge >= 0.3 is 0 Å². The molecule has 96 valence electrons. The minimum Gasteiger partial charge on any atom is -0.469 e. The van der Waals surface area contributed by atoms with Gasteiger partial charge in [-0.3, -0.25) is 4.79 Å². The molecule has 1 atom stereocenters. The molecule has 0 aliphatic rings. The molecule has 3 nitrogen and oxygen atoms in total. The molecule has 0 spiro atoms. The first-order valence-corrected chi connectivity index (χ1v) is 6.34. The van der Waals surface area contributed by atoms with Crippen molar-refractivity contribution in [1.29, 1.82) is 0 Å². The van der Waals surface area contributed by atoms with Crippen molar-refractivity contribution in [3.8, 4) is 0 Å². The lowest BCUT2D eigenvalue weighted by Crippen LogP contribution is -2.04. The summed E-state index contributed by atoms with van der Waals surface area (Å²) in [6.45, 7) is 1.62. The number of aromatic nitrogens is 1. The van der Waals surface area contributed by atoms with Crippen molar-refractivity contribution in [3.05, 3.63) is 60.2 Å². The Morgan fingerprint density at radius 1 is 1.26 bits per heavy atom. The predicted octanol–water partition coefficient (Wildman–Crippen LogP) is 3.87. The van der Waals surface area contributed by atoms with E-state index >= 15 is 0 Å². The normalized spacial score (nSPS) is 12.7. The Balaban J connectivity index is 2.11. The number of para-hydroxylation sites is 1. The second-order valence-electron chi connectivity index (χ2n) is 4.76. The average Bonchev–Trinajstić information content (AvgIpc) is 3.05. The van der Waals surface area contributed by atoms with Gasteiger partial charge in [0.25, 0.3) is 0 Å². The zero-order chi connectivity index (χ0) is 13.2. The zero-order valence-electron chi connectivity index (χ0n) is 10.7. The van der Waals surface area contributed by atoms with Crippen LogP contribution in [-0.2, 0) is 4.79 Å². The zero-order valence-corrected chi connectivity index (χ0v) is 10.7. The standard InChI is InChI=1S/C16H15NO2/c1-11(18)9-13(16-7-4-8-19-16)14-10-17-15-6-3-2-5-12(14)15/h2-8,10,13,17H,9H2,1H3/t13-/m1/s1. The fraction of sp³-hybridized carbons (Fsp3) is 0.188. The maximum absolute atomic E-state index is 11.5. The van der Waals surface area contributed by atoms with Crippen molar-refractivity contribution in [2.24, 2.45) is 0 Å². The van der Waals surface area contributed by atoms with Gasteiger partial charge in [-0.15, -0.1) is 0 Å². The van der Waals surface area contributed by atoms with E-state index in [4.69, 9.17) is 4.42 Å². The number of Topliss-reactive ketones (excluding diaryl/α,β-unsaturated/α-hetero) is 1. The number of benzene rings is 1. The minimum atomic E-state index is -0.0244. The summed E-state index contributed by atoms with van der Waals surface area (Å²) in [5.41, 5.74) is 2.19. The molecule has 0 saturated carbocycles. The largest absolute Gasteiger partial charge is 0.469 e. The molecule has 1 N–H and O–H groups in total. The third-order valence-electron chi connectivity index (χ3n) is 3.37. The van der Waals surface area contributed by atoms with E-state index in [0.717, 1.165) is 22.2 Å². The minimum absolute atomic E-state index is 0.0244. The summed E-state index contributed by atoms with van der Waals surface area (Å²) >= 11 is 0. The second kappa shape index (κ2) is 4.76. The number of hydrogen-bond donors (Lipinski definition) is 1. The highest BCUT2D eigenvalue weighted by Gasteiger charge is 2.21. The lowest BCUT2D eigenvalue weighted by molar-refractivity contribution is -0.117. The second-order valence-corrected chi connectivity index (χ2v) is 4.76. The molecule has 3 aromatic rings. The van der Waals surface area contributed by atoms with Crippen molar-refractivity contribution in [2.75, 3.05) is 0 Å². The molecule has 0 aliphatic carbocycles. The smallest absolute Gasteiger partial charge is 0.130 e. The van der Waals surface area contributed by atoms with Gasteiger partial charge in [-0.1, -0.05) is 18.2 Å². The number of hydrogen-bond acceptors (Lipinski definition) is 2. The number of fused-ring (bicyclic) bond motifs is 1. The van der Waals surface area contributed by atoms with E-state index in [1.807, 2.05) is 36.5 Å². The van der Waals surface area contributed by atoms with Gasteiger partial charge in [0.15, 0.2) is 0 Å². The van der Waals surface area contributed by atoms with E-state index in [1.165, 1.54) is 0 Å². The molecule has 0 unspecified atom stereocenters. The van der Waals surface area contributed by atoms with Gasteiger partial charge < -0.3 is 9.40 Å². The van der Waals surface area contributed by atoms with Crippen molar-refractivity contribution in [2.45, 2.75) is 19.3 Å². The summed E-state index contributed by atoms with van der Waals surface area (Å²) in [6.07, 6.45) is 4.08. The van der Waals surface area contributed by atoms with Crippen LogP contribution in [0, 0.1) is 0 Å². The number of aromatic amines is 1. The maximum Gasteiger partial charge on any atom is 0.130 e. The number of carbonyl (C=O) groups excluding carboxylic acids is 1. The lowest BCUT2D eigenvalue weighted by Gasteiger charge is -2.12. The van der Waals surface area contributed by atoms with E-state index in [-0.39, 0.29) is 11.7 Å². The van der Waals surface area contributed by atoms with Crippen molar-refractivity contribution in [1.82, 2.24) is 4.98 Å². The maximum atomic E-state index is 11.5. The van der Waals surface area contributed by atoms with Crippen LogP contribution in [-0.4, -0.2) is 10.8 Å². The number of H-pyrrole nitrogens is 1. The Labute approximate surface area is 111 Å². The van der Waals surface area contributed by atoms with Gasteiger partial charge in [-0.2, -0.15) is 0 Å². The Bertz CT molecular complexity index is 694. The Morgan fingerprint density at radius 2 is 2.11 bits per heavy atom. The van der Waals surface area contributed by atoms with Crippen LogP contribution in [0.15, 0.2) is 53.3 Å². The van der Waals surface area contributed by atoms with Crippen LogP contribution >= 0.6 is 0 Å². The molecular formula is C16H15NO2. The summed E-state index contributed by atoms with van der Waals surface area (Å²) in [6, 6.07) is 11.9. The molecule has 2 aromatic heterocycles. The molecule has 0 fully saturated rings. The van der Waals surface area contributed by atoms with E-state index < -0.39 is 0 Å². The molecule has 1 aromatic carbocycles. The lowest BCUT2D eigenvalue weighted by atomic mass is 9.91. The molecule has 3 heteroatoms. The van der Waals surface area contributed by atoms with Crippen LogP contribution in [0.5, 0.6) is 0 Å². The average molecular weight is 253 g/mol. The number of ketones is 1. The van der Waals surface area contributed by atoms with Crippen LogP contribution in [0.1, 0.15) is 30.6 Å². The number of nitrogens with one attached hydrogen (secondary N) is 1. The van der Waals surface area contributed by atoms with Crippen LogP contribution in [0.3, 0.4) is 0 Å². The first-order chi connectivity index (χ1) is 9.25. The van der Waals surface area contributed by atoms with Crippen LogP contribution in [0.4, 0.5) is 0 Å². The van der Waals surface area contributed by atoms with Gasteiger partial charge in [-0.25, -0.2) is 0 Å². The number of furan rings is 1. The summed E-state index contributed by atoms with van der Waals surface area (Å²) in [5.74, 6) is 0.968. The SMILES string of the molecule is CC(=O)C[C@@H](c1ccco1)c1c[nH]c2ccccc12. The van der Waals surface area contributed by atoms with E-state index in [9.17, 15) is 4.79 Å². The predicted molar refractivity (Wildman–Crippen MR) is 74.1 cm³/mol. The highest BCUT2D eigenvalue weighted by molar-refractivity contribution is 5.85. The Kier molecular flexibility index (Phi) is 2.95. The molecular weight excluding hydrogens is 238 g/mol. The van der Waals surface area contributed by atoms with E-state index in [2.05, 4.69) is 11.1 Å². The Morgan fingerprint density at radius 3 is 2.84 bits per heavy atom. The molecule has 3 rings (SSSR count). The summed E-state index contributed by atoms with van der Waals surface area (Å²) in [4.78, 5) is 14.8. The molecule has 0 bridgehead atoms. The van der Waals surface area contributed by atoms with Gasteiger partial charge in [0, 0.05) is 23.5 Å². The quantitative estimate of drug-likeness (QED) is 0.767. The van der Waals surface area contributed by atoms with Gasteiger partial charge in [0.05, 0.1) is 12.2 Å². The van der Waals surface area contributed by atoms with Crippen molar-refractivity contribution >= 4 is 16.7 Å². The summed E-state index contributed by atoms with van der Waals surface area (Å²) in [7, 11) is 0. The summed E-state index contributed by atoms with van der Waals surface area (Å²) < 4.78 is 5.50. The van der Waals surface area contributed by atoms with Crippen LogP contribution < -0.4 is 0 Å². The van der Waals surface area contributed by atoms with E-state index in [1.54, 1.807) is 13.2 Å². The third-order valence-corrected chi connectivity index (χ3v) is 3.37. The first-order valence-electron chi connectivity index (χ1n) is 6.34. The molecule has 0 aliphatic heterocycles. The molecule has 0 radical (unpaired) electrons. The first kappa shape index (κ1) is 11.8. The van der Waals surface area contributed by atoms with Gasteiger partial charge in [0.2, 0.25) is 0 Å². The summed E-state index contributed by atoms with van der Waals surface area (Å²) in [5, 5.41) is 1.14. The number of rotatable bonds is 4. The monoisotopic (exact) mass is 253 g/mol. The fourth-order valence-electron chi connectivity index (χ4n) is 2.52. The van der Waals surface area contributed by atoms with Crippen molar-refractivity contribution in [3.63, 3.8) is 0 Å². The molecule has 0 amide bonds. The van der Waals surface area contributed by atoms with Crippen molar-refractivity contribution < 1.29 is 9.21 Å². The van der Waals surface area contributed by atoms with Gasteiger partial charge in [0.1, 0.15) is 11.5 Å². The third kappa shape index (κ3) is 2.19. The molecule has 19 heavy (non-hydrogen) atoms. The molecule has 2 heterocycles. The highest BCUT2D eigenvalue weighted by atomic mass is 16.3. The van der Waals surface area contributed by atoms with Gasteiger partial charge in [-0.05, 0) is 30.7 Å². The van der Waals surface area contributed by atoms with Crippen LogP contribution in [0.2, 0.25) is 0 Å². The highest BCUT2D eigenvalue weighted by Crippen LogP contribution is 2.33. The molecule has 0 saturated heterocycles. The fourth-order valence-corrected chi connectivity index (χ4v) is 2.52.